The van der Waals surface area contributed by atoms with Gasteiger partial charge in [0, 0.05) is 37.1 Å². The Morgan fingerprint density at radius 3 is 2.46 bits per heavy atom. The van der Waals surface area contributed by atoms with Crippen LogP contribution in [0.3, 0.4) is 0 Å². The second-order valence-corrected chi connectivity index (χ2v) is 7.07. The monoisotopic (exact) mass is 397 g/mol. The lowest BCUT2D eigenvalue weighted by atomic mass is 10.2. The summed E-state index contributed by atoms with van der Waals surface area (Å²) in [5.41, 5.74) is 2.18. The Hall–Kier alpha value is -2.99. The highest BCUT2D eigenvalue weighted by molar-refractivity contribution is 6.33. The van der Waals surface area contributed by atoms with Gasteiger partial charge in [-0.1, -0.05) is 41.9 Å². The molecule has 1 fully saturated rings. The van der Waals surface area contributed by atoms with E-state index < -0.39 is 5.97 Å². The molecule has 1 N–H and O–H groups in total. The van der Waals surface area contributed by atoms with Gasteiger partial charge in [0.1, 0.15) is 5.69 Å². The number of hydrogen-bond acceptors (Lipinski definition) is 4. The van der Waals surface area contributed by atoms with E-state index in [0.717, 1.165) is 16.6 Å². The van der Waals surface area contributed by atoms with Gasteiger partial charge in [0.15, 0.2) is 6.61 Å². The van der Waals surface area contributed by atoms with E-state index >= 15 is 0 Å². The fourth-order valence-electron chi connectivity index (χ4n) is 3.38. The first kappa shape index (κ1) is 18.4. The van der Waals surface area contributed by atoms with Crippen molar-refractivity contribution >= 4 is 40.1 Å². The number of hydrogen-bond donors (Lipinski definition) is 1. The number of aromatic amines is 1. The molecule has 0 radical (unpaired) electrons. The molecule has 0 spiro atoms. The Balaban J connectivity index is 1.30. The second-order valence-electron chi connectivity index (χ2n) is 6.67. The number of rotatable bonds is 4. The van der Waals surface area contributed by atoms with E-state index in [1.165, 1.54) is 0 Å². The Kier molecular flexibility index (Phi) is 5.21. The number of benzene rings is 2. The van der Waals surface area contributed by atoms with Crippen molar-refractivity contribution in [2.24, 2.45) is 0 Å². The minimum atomic E-state index is -0.528. The lowest BCUT2D eigenvalue weighted by Crippen LogP contribution is -2.50. The van der Waals surface area contributed by atoms with Gasteiger partial charge in [-0.3, -0.25) is 4.79 Å². The predicted octanol–water partition coefficient (Wildman–Crippen LogP) is 3.33. The Morgan fingerprint density at radius 1 is 1.00 bits per heavy atom. The molecule has 1 aliphatic heterocycles. The number of nitrogens with zero attached hydrogens (tertiary/aromatic N) is 2. The molecule has 0 saturated carbocycles. The topological polar surface area (TPSA) is 65.6 Å². The van der Waals surface area contributed by atoms with E-state index in [1.54, 1.807) is 11.0 Å². The Bertz CT molecular complexity index is 976. The van der Waals surface area contributed by atoms with E-state index in [0.29, 0.717) is 36.9 Å². The van der Waals surface area contributed by atoms with Crippen molar-refractivity contribution in [3.8, 4) is 0 Å². The summed E-state index contributed by atoms with van der Waals surface area (Å²) in [6, 6.07) is 17.0. The highest BCUT2D eigenvalue weighted by Gasteiger charge is 2.23. The van der Waals surface area contributed by atoms with Gasteiger partial charge in [-0.05, 0) is 24.3 Å². The van der Waals surface area contributed by atoms with Crippen molar-refractivity contribution in [1.29, 1.82) is 0 Å². The molecule has 0 atom stereocenters. The molecule has 1 saturated heterocycles. The summed E-state index contributed by atoms with van der Waals surface area (Å²) >= 11 is 6.25. The van der Waals surface area contributed by atoms with E-state index in [9.17, 15) is 9.59 Å². The minimum absolute atomic E-state index is 0.191. The van der Waals surface area contributed by atoms with Gasteiger partial charge < -0.3 is 19.5 Å². The van der Waals surface area contributed by atoms with Crippen LogP contribution < -0.4 is 4.90 Å². The summed E-state index contributed by atoms with van der Waals surface area (Å²) < 4.78 is 5.21. The van der Waals surface area contributed by atoms with Crippen molar-refractivity contribution in [3.63, 3.8) is 0 Å². The molecule has 144 valence electrons. The SMILES string of the molecule is O=C(OCC(=O)N1CCN(c2ccccc2Cl)CC1)c1cc2ccccc2[nH]1. The number of esters is 1. The first-order valence-electron chi connectivity index (χ1n) is 9.14. The summed E-state index contributed by atoms with van der Waals surface area (Å²) in [4.78, 5) is 31.5. The van der Waals surface area contributed by atoms with Crippen molar-refractivity contribution in [3.05, 3.63) is 65.3 Å². The number of aromatic nitrogens is 1. The van der Waals surface area contributed by atoms with Crippen LogP contribution in [0.2, 0.25) is 5.02 Å². The van der Waals surface area contributed by atoms with E-state index in [-0.39, 0.29) is 12.5 Å². The van der Waals surface area contributed by atoms with Crippen LogP contribution in [0.4, 0.5) is 5.69 Å². The third kappa shape index (κ3) is 3.82. The number of anilines is 1. The molecule has 28 heavy (non-hydrogen) atoms. The zero-order valence-electron chi connectivity index (χ0n) is 15.2. The average Bonchev–Trinajstić information content (AvgIpc) is 3.17. The van der Waals surface area contributed by atoms with Crippen LogP contribution in [0.15, 0.2) is 54.6 Å². The minimum Gasteiger partial charge on any atom is -0.451 e. The van der Waals surface area contributed by atoms with Gasteiger partial charge in [0.05, 0.1) is 10.7 Å². The molecule has 2 heterocycles. The molecular formula is C21H20ClN3O3. The summed E-state index contributed by atoms with van der Waals surface area (Å²) in [5.74, 6) is -0.720. The molecule has 4 rings (SSSR count). The normalized spacial score (nSPS) is 14.3. The van der Waals surface area contributed by atoms with Gasteiger partial charge in [-0.15, -0.1) is 0 Å². The van der Waals surface area contributed by atoms with Crippen molar-refractivity contribution in [2.75, 3.05) is 37.7 Å². The molecule has 6 nitrogen and oxygen atoms in total. The number of ether oxygens (including phenoxy) is 1. The fourth-order valence-corrected chi connectivity index (χ4v) is 3.64. The van der Waals surface area contributed by atoms with Crippen molar-refractivity contribution < 1.29 is 14.3 Å². The molecule has 0 bridgehead atoms. The Labute approximate surface area is 167 Å². The molecule has 1 aromatic heterocycles. The second kappa shape index (κ2) is 7.94. The Morgan fingerprint density at radius 2 is 1.71 bits per heavy atom. The van der Waals surface area contributed by atoms with Crippen LogP contribution in [0.5, 0.6) is 0 Å². The average molecular weight is 398 g/mol. The zero-order chi connectivity index (χ0) is 19.5. The number of carbonyl (C=O) groups excluding carboxylic acids is 2. The van der Waals surface area contributed by atoms with Gasteiger partial charge in [0.25, 0.3) is 5.91 Å². The zero-order valence-corrected chi connectivity index (χ0v) is 16.0. The van der Waals surface area contributed by atoms with Crippen LogP contribution in [-0.4, -0.2) is 54.5 Å². The van der Waals surface area contributed by atoms with E-state index in [2.05, 4.69) is 9.88 Å². The maximum absolute atomic E-state index is 12.4. The van der Waals surface area contributed by atoms with Crippen LogP contribution in [-0.2, 0) is 9.53 Å². The highest BCUT2D eigenvalue weighted by atomic mass is 35.5. The number of piperazine rings is 1. The predicted molar refractivity (Wildman–Crippen MR) is 109 cm³/mol. The quantitative estimate of drug-likeness (QED) is 0.686. The summed E-state index contributed by atoms with van der Waals surface area (Å²) in [6.45, 7) is 2.24. The van der Waals surface area contributed by atoms with E-state index in [1.807, 2.05) is 48.5 Å². The third-order valence-electron chi connectivity index (χ3n) is 4.90. The van der Waals surface area contributed by atoms with Crippen LogP contribution in [0.1, 0.15) is 10.5 Å². The smallest absolute Gasteiger partial charge is 0.355 e. The largest absolute Gasteiger partial charge is 0.451 e. The number of carbonyl (C=O) groups is 2. The van der Waals surface area contributed by atoms with Crippen LogP contribution >= 0.6 is 11.6 Å². The third-order valence-corrected chi connectivity index (χ3v) is 5.22. The van der Waals surface area contributed by atoms with Crippen molar-refractivity contribution in [2.45, 2.75) is 0 Å². The molecule has 1 amide bonds. The molecule has 2 aromatic carbocycles. The number of halogens is 1. The maximum Gasteiger partial charge on any atom is 0.355 e. The maximum atomic E-state index is 12.4. The molecule has 0 unspecified atom stereocenters. The lowest BCUT2D eigenvalue weighted by Gasteiger charge is -2.36. The molecule has 7 heteroatoms. The number of H-pyrrole nitrogens is 1. The van der Waals surface area contributed by atoms with Gasteiger partial charge in [-0.2, -0.15) is 0 Å². The molecule has 3 aromatic rings. The standard InChI is InChI=1S/C21H20ClN3O3/c22-16-6-2-4-8-19(16)24-9-11-25(12-10-24)20(26)14-28-21(27)18-13-15-5-1-3-7-17(15)23-18/h1-8,13,23H,9-12,14H2. The first-order chi connectivity index (χ1) is 13.6. The highest BCUT2D eigenvalue weighted by Crippen LogP contribution is 2.26. The number of para-hydroxylation sites is 2. The number of fused-ring (bicyclic) bond motifs is 1. The van der Waals surface area contributed by atoms with Gasteiger partial charge >= 0.3 is 5.97 Å². The lowest BCUT2D eigenvalue weighted by molar-refractivity contribution is -0.134. The van der Waals surface area contributed by atoms with Gasteiger partial charge in [-0.25, -0.2) is 4.79 Å². The number of amides is 1. The molecular weight excluding hydrogens is 378 g/mol. The molecule has 0 aliphatic carbocycles. The molecule has 1 aliphatic rings. The van der Waals surface area contributed by atoms with Crippen LogP contribution in [0.25, 0.3) is 10.9 Å². The van der Waals surface area contributed by atoms with Crippen molar-refractivity contribution in [1.82, 2.24) is 9.88 Å². The van der Waals surface area contributed by atoms with Crippen LogP contribution in [0, 0.1) is 0 Å². The van der Waals surface area contributed by atoms with Gasteiger partial charge in [0.2, 0.25) is 0 Å². The summed E-state index contributed by atoms with van der Waals surface area (Å²) in [6.07, 6.45) is 0. The van der Waals surface area contributed by atoms with E-state index in [4.69, 9.17) is 16.3 Å². The summed E-state index contributed by atoms with van der Waals surface area (Å²) in [7, 11) is 0. The number of nitrogens with one attached hydrogen (secondary N) is 1. The fraction of sp³-hybridized carbons (Fsp3) is 0.238. The summed E-state index contributed by atoms with van der Waals surface area (Å²) in [5, 5.41) is 1.63. The first-order valence-corrected chi connectivity index (χ1v) is 9.52.